The topological polar surface area (TPSA) is 43.1 Å². The fourth-order valence-corrected chi connectivity index (χ4v) is 3.20. The van der Waals surface area contributed by atoms with E-state index in [1.807, 2.05) is 0 Å². The molecule has 1 fully saturated rings. The lowest BCUT2D eigenvalue weighted by molar-refractivity contribution is -0.127. The minimum Gasteiger partial charge on any atom is -0.330 e. The smallest absolute Gasteiger partial charge is 0.136 e. The van der Waals surface area contributed by atoms with E-state index < -0.39 is 0 Å². The first kappa shape index (κ1) is 17.9. The van der Waals surface area contributed by atoms with E-state index in [9.17, 15) is 4.79 Å². The Morgan fingerprint density at radius 3 is 2.50 bits per heavy atom. The van der Waals surface area contributed by atoms with Gasteiger partial charge in [-0.2, -0.15) is 0 Å². The Morgan fingerprint density at radius 2 is 1.94 bits per heavy atom. The number of carbonyl (C=O) groups excluding carboxylic acids is 1. The van der Waals surface area contributed by atoms with Crippen LogP contribution in [0.1, 0.15) is 59.3 Å². The third kappa shape index (κ3) is 5.27. The molecule has 3 atom stereocenters. The van der Waals surface area contributed by atoms with Crippen LogP contribution < -0.4 is 5.73 Å². The number of hydrogen-bond donors (Lipinski definition) is 1. The molecule has 0 heterocycles. The predicted molar refractivity (Wildman–Crippen MR) is 80.0 cm³/mol. The van der Waals surface area contributed by atoms with Crippen molar-refractivity contribution >= 4 is 18.2 Å². The van der Waals surface area contributed by atoms with Gasteiger partial charge in [-0.25, -0.2) is 0 Å². The maximum atomic E-state index is 12.3. The Bertz CT molecular complexity index is 243. The molecule has 0 spiro atoms. The van der Waals surface area contributed by atoms with Gasteiger partial charge in [0.05, 0.1) is 0 Å². The van der Waals surface area contributed by atoms with Crippen LogP contribution in [0.2, 0.25) is 0 Å². The largest absolute Gasteiger partial charge is 0.330 e. The highest BCUT2D eigenvalue weighted by atomic mass is 35.5. The summed E-state index contributed by atoms with van der Waals surface area (Å²) in [5.41, 5.74) is 5.48. The van der Waals surface area contributed by atoms with E-state index >= 15 is 0 Å². The first-order valence-corrected chi connectivity index (χ1v) is 7.29. The van der Waals surface area contributed by atoms with Crippen molar-refractivity contribution in [2.24, 2.45) is 29.4 Å². The third-order valence-corrected chi connectivity index (χ3v) is 4.31. The van der Waals surface area contributed by atoms with Crippen molar-refractivity contribution in [3.05, 3.63) is 0 Å². The molecule has 108 valence electrons. The fourth-order valence-electron chi connectivity index (χ4n) is 3.20. The molecule has 18 heavy (non-hydrogen) atoms. The SMILES string of the molecule is CC(C)[C@@H]1CC[C@@H](C)C[C@H]1C(=O)CCCCN.Cl. The van der Waals surface area contributed by atoms with Gasteiger partial charge in [0.1, 0.15) is 5.78 Å². The van der Waals surface area contributed by atoms with E-state index in [4.69, 9.17) is 5.73 Å². The predicted octanol–water partition coefficient (Wildman–Crippen LogP) is 3.81. The molecule has 1 aliphatic rings. The summed E-state index contributed by atoms with van der Waals surface area (Å²) in [5, 5.41) is 0. The van der Waals surface area contributed by atoms with Crippen LogP contribution in [0, 0.1) is 23.7 Å². The number of rotatable bonds is 6. The van der Waals surface area contributed by atoms with Gasteiger partial charge in [0, 0.05) is 12.3 Å². The van der Waals surface area contributed by atoms with Crippen molar-refractivity contribution in [3.63, 3.8) is 0 Å². The summed E-state index contributed by atoms with van der Waals surface area (Å²) in [6.07, 6.45) is 6.37. The second kappa shape index (κ2) is 8.92. The van der Waals surface area contributed by atoms with Crippen molar-refractivity contribution in [2.45, 2.75) is 59.3 Å². The standard InChI is InChI=1S/C15H29NO.ClH/c1-11(2)13-8-7-12(3)10-14(13)15(17)6-4-5-9-16;/h11-14H,4-10,16H2,1-3H3;1H/t12-,13+,14-;/m1./s1. The lowest BCUT2D eigenvalue weighted by atomic mass is 9.68. The van der Waals surface area contributed by atoms with Gasteiger partial charge in [0.15, 0.2) is 0 Å². The maximum Gasteiger partial charge on any atom is 0.136 e. The number of Topliss-reactive ketones (excluding diaryl/α,β-unsaturated/α-hetero) is 1. The number of ketones is 1. The molecule has 0 aromatic heterocycles. The summed E-state index contributed by atoms with van der Waals surface area (Å²) < 4.78 is 0. The second-order valence-electron chi connectivity index (χ2n) is 6.14. The Kier molecular flexibility index (Phi) is 8.89. The molecular weight excluding hydrogens is 246 g/mol. The van der Waals surface area contributed by atoms with Gasteiger partial charge in [0.25, 0.3) is 0 Å². The van der Waals surface area contributed by atoms with Crippen LogP contribution in [0.25, 0.3) is 0 Å². The zero-order valence-electron chi connectivity index (χ0n) is 12.2. The molecule has 0 unspecified atom stereocenters. The third-order valence-electron chi connectivity index (χ3n) is 4.31. The van der Waals surface area contributed by atoms with Crippen molar-refractivity contribution in [1.82, 2.24) is 0 Å². The molecule has 0 aromatic carbocycles. The Morgan fingerprint density at radius 1 is 1.28 bits per heavy atom. The Labute approximate surface area is 118 Å². The van der Waals surface area contributed by atoms with E-state index in [2.05, 4.69) is 20.8 Å². The second-order valence-corrected chi connectivity index (χ2v) is 6.14. The van der Waals surface area contributed by atoms with Crippen molar-refractivity contribution < 1.29 is 4.79 Å². The zero-order chi connectivity index (χ0) is 12.8. The number of unbranched alkanes of at least 4 members (excludes halogenated alkanes) is 1. The Hall–Kier alpha value is -0.0800. The van der Waals surface area contributed by atoms with Crippen LogP contribution in [-0.2, 0) is 4.79 Å². The van der Waals surface area contributed by atoms with Crippen LogP contribution in [0.5, 0.6) is 0 Å². The van der Waals surface area contributed by atoms with Gasteiger partial charge in [-0.1, -0.05) is 27.2 Å². The van der Waals surface area contributed by atoms with E-state index in [1.54, 1.807) is 0 Å². The molecule has 0 amide bonds. The number of carbonyl (C=O) groups is 1. The Balaban J connectivity index is 0.00000289. The summed E-state index contributed by atoms with van der Waals surface area (Å²) >= 11 is 0. The van der Waals surface area contributed by atoms with Crippen LogP contribution in [-0.4, -0.2) is 12.3 Å². The molecule has 0 aromatic rings. The van der Waals surface area contributed by atoms with Gasteiger partial charge < -0.3 is 5.73 Å². The highest BCUT2D eigenvalue weighted by molar-refractivity contribution is 5.85. The minimum atomic E-state index is 0. The number of halogens is 1. The van der Waals surface area contributed by atoms with Crippen molar-refractivity contribution in [2.75, 3.05) is 6.54 Å². The van der Waals surface area contributed by atoms with E-state index in [0.29, 0.717) is 30.1 Å². The molecule has 1 aliphatic carbocycles. The minimum absolute atomic E-state index is 0. The first-order valence-electron chi connectivity index (χ1n) is 7.29. The fraction of sp³-hybridized carbons (Fsp3) is 0.933. The van der Waals surface area contributed by atoms with Crippen LogP contribution >= 0.6 is 12.4 Å². The zero-order valence-corrected chi connectivity index (χ0v) is 13.0. The summed E-state index contributed by atoms with van der Waals surface area (Å²) in [5.74, 6) is 2.83. The first-order chi connectivity index (χ1) is 8.06. The normalized spacial score (nSPS) is 27.9. The molecular formula is C15H30ClNO. The van der Waals surface area contributed by atoms with Gasteiger partial charge in [0.2, 0.25) is 0 Å². The average Bonchev–Trinajstić information content (AvgIpc) is 2.28. The van der Waals surface area contributed by atoms with Gasteiger partial charge in [-0.15, -0.1) is 12.4 Å². The highest BCUT2D eigenvalue weighted by Crippen LogP contribution is 2.39. The van der Waals surface area contributed by atoms with Crippen molar-refractivity contribution in [3.8, 4) is 0 Å². The summed E-state index contributed by atoms with van der Waals surface area (Å²) in [6.45, 7) is 7.53. The van der Waals surface area contributed by atoms with E-state index in [0.717, 1.165) is 31.6 Å². The summed E-state index contributed by atoms with van der Waals surface area (Å²) in [7, 11) is 0. The van der Waals surface area contributed by atoms with Crippen molar-refractivity contribution in [1.29, 1.82) is 0 Å². The average molecular weight is 276 g/mol. The summed E-state index contributed by atoms with van der Waals surface area (Å²) in [6, 6.07) is 0. The molecule has 3 heteroatoms. The monoisotopic (exact) mass is 275 g/mol. The lowest BCUT2D eigenvalue weighted by Gasteiger charge is -2.36. The molecule has 0 saturated heterocycles. The molecule has 1 saturated carbocycles. The number of hydrogen-bond acceptors (Lipinski definition) is 2. The van der Waals surface area contributed by atoms with Gasteiger partial charge >= 0.3 is 0 Å². The van der Waals surface area contributed by atoms with Gasteiger partial charge in [-0.3, -0.25) is 4.79 Å². The quantitative estimate of drug-likeness (QED) is 0.749. The van der Waals surface area contributed by atoms with Crippen LogP contribution in [0.4, 0.5) is 0 Å². The van der Waals surface area contributed by atoms with E-state index in [1.165, 1.54) is 12.8 Å². The molecule has 1 rings (SSSR count). The molecule has 0 bridgehead atoms. The molecule has 2 nitrogen and oxygen atoms in total. The van der Waals surface area contributed by atoms with E-state index in [-0.39, 0.29) is 12.4 Å². The lowest BCUT2D eigenvalue weighted by Crippen LogP contribution is -2.33. The van der Waals surface area contributed by atoms with Crippen LogP contribution in [0.15, 0.2) is 0 Å². The maximum absolute atomic E-state index is 12.3. The molecule has 0 aliphatic heterocycles. The molecule has 0 radical (unpaired) electrons. The highest BCUT2D eigenvalue weighted by Gasteiger charge is 2.34. The van der Waals surface area contributed by atoms with Crippen LogP contribution in [0.3, 0.4) is 0 Å². The van der Waals surface area contributed by atoms with Gasteiger partial charge in [-0.05, 0) is 50.0 Å². The molecule has 2 N–H and O–H groups in total. The summed E-state index contributed by atoms with van der Waals surface area (Å²) in [4.78, 5) is 12.3. The number of nitrogens with two attached hydrogens (primary N) is 1.